The third kappa shape index (κ3) is 12.3. The monoisotopic (exact) mass is 446 g/mol. The molecule has 1 fully saturated rings. The lowest BCUT2D eigenvalue weighted by Crippen LogP contribution is -2.45. The fourth-order valence-corrected chi connectivity index (χ4v) is 19.3. The standard InChI is InChI=1S/C10H34O6Si7/c1-17-11-19-12-18-9-7-5-6-8-10-23-15-21(3)13-20(2)14-22(4)16-23/h20-23H,5-10,17-19H2,1-4H3. The Balaban J connectivity index is 2.01. The van der Waals surface area contributed by atoms with Crippen molar-refractivity contribution in [1.82, 2.24) is 0 Å². The van der Waals surface area contributed by atoms with Crippen LogP contribution < -0.4 is 0 Å². The van der Waals surface area contributed by atoms with Crippen molar-refractivity contribution in [2.24, 2.45) is 0 Å². The maximum Gasteiger partial charge on any atom is 0.303 e. The Labute approximate surface area is 155 Å². The molecule has 0 spiro atoms. The van der Waals surface area contributed by atoms with Crippen LogP contribution in [0.15, 0.2) is 0 Å². The lowest BCUT2D eigenvalue weighted by atomic mass is 10.2. The molecule has 0 radical (unpaired) electrons. The zero-order valence-electron chi connectivity index (χ0n) is 15.1. The van der Waals surface area contributed by atoms with Gasteiger partial charge in [0.1, 0.15) is 19.5 Å². The number of rotatable bonds is 11. The second-order valence-electron chi connectivity index (χ2n) is 5.75. The first-order valence-corrected chi connectivity index (χ1v) is 21.7. The Kier molecular flexibility index (Phi) is 14.0. The van der Waals surface area contributed by atoms with Crippen LogP contribution in [-0.4, -0.2) is 66.7 Å². The minimum atomic E-state index is -1.55. The van der Waals surface area contributed by atoms with Gasteiger partial charge >= 0.3 is 9.28 Å². The Morgan fingerprint density at radius 1 is 0.783 bits per heavy atom. The zero-order valence-corrected chi connectivity index (χ0v) is 24.0. The van der Waals surface area contributed by atoms with Gasteiger partial charge in [-0.25, -0.2) is 0 Å². The molecule has 0 saturated carbocycles. The Bertz CT molecular complexity index is 278. The smallest absolute Gasteiger partial charge is 0.303 e. The van der Waals surface area contributed by atoms with E-state index < -0.39 is 47.1 Å². The first-order valence-electron chi connectivity index (χ1n) is 8.89. The summed E-state index contributed by atoms with van der Waals surface area (Å²) in [4.78, 5) is 0. The molecule has 0 aromatic heterocycles. The molecule has 0 aromatic rings. The molecule has 1 aliphatic rings. The summed E-state index contributed by atoms with van der Waals surface area (Å²) < 4.78 is 35.2. The van der Waals surface area contributed by atoms with Crippen molar-refractivity contribution in [1.29, 1.82) is 0 Å². The molecule has 23 heavy (non-hydrogen) atoms. The summed E-state index contributed by atoms with van der Waals surface area (Å²) in [6, 6.07) is 2.40. The van der Waals surface area contributed by atoms with Crippen LogP contribution in [0.25, 0.3) is 0 Å². The molecule has 13 heteroatoms. The van der Waals surface area contributed by atoms with Gasteiger partial charge in [-0.1, -0.05) is 32.2 Å². The lowest BCUT2D eigenvalue weighted by molar-refractivity contribution is 0.289. The maximum atomic E-state index is 6.12. The van der Waals surface area contributed by atoms with E-state index in [4.69, 9.17) is 24.7 Å². The molecule has 2 unspecified atom stereocenters. The largest absolute Gasteiger partial charge is 0.447 e. The van der Waals surface area contributed by atoms with Crippen molar-refractivity contribution in [3.8, 4) is 0 Å². The van der Waals surface area contributed by atoms with Crippen LogP contribution in [0.2, 0.25) is 38.3 Å². The lowest BCUT2D eigenvalue weighted by Gasteiger charge is -2.30. The van der Waals surface area contributed by atoms with E-state index in [2.05, 4.69) is 26.2 Å². The SMILES string of the molecule is C[SiH2]O[SiH2]O[SiH2]CCCCCC[SiH]1O[SiH](C)O[SiH](C)O[SiH](C)O1. The van der Waals surface area contributed by atoms with Gasteiger partial charge in [0.25, 0.3) is 37.9 Å². The first kappa shape index (κ1) is 22.3. The van der Waals surface area contributed by atoms with Crippen molar-refractivity contribution >= 4 is 66.7 Å². The fraction of sp³-hybridized carbons (Fsp3) is 1.00. The summed E-state index contributed by atoms with van der Waals surface area (Å²) in [5.41, 5.74) is 0. The van der Waals surface area contributed by atoms with Crippen LogP contribution in [0.4, 0.5) is 0 Å². The summed E-state index contributed by atoms with van der Waals surface area (Å²) in [5, 5.41) is 0. The highest BCUT2D eigenvalue weighted by atomic mass is 28.5. The minimum Gasteiger partial charge on any atom is -0.447 e. The van der Waals surface area contributed by atoms with E-state index >= 15 is 0 Å². The van der Waals surface area contributed by atoms with Gasteiger partial charge in [0, 0.05) is 0 Å². The van der Waals surface area contributed by atoms with Crippen LogP contribution in [0.5, 0.6) is 0 Å². The summed E-state index contributed by atoms with van der Waals surface area (Å²) >= 11 is 0. The van der Waals surface area contributed by atoms with E-state index in [1.807, 2.05) is 0 Å². The molecule has 0 amide bonds. The highest BCUT2D eigenvalue weighted by Crippen LogP contribution is 2.14. The Hall–Kier alpha value is 1.28. The van der Waals surface area contributed by atoms with E-state index in [-0.39, 0.29) is 19.5 Å². The van der Waals surface area contributed by atoms with Crippen molar-refractivity contribution < 1.29 is 24.7 Å². The molecule has 0 N–H and O–H groups in total. The molecular weight excluding hydrogens is 413 g/mol. The molecule has 0 aliphatic carbocycles. The third-order valence-electron chi connectivity index (χ3n) is 3.55. The van der Waals surface area contributed by atoms with Crippen LogP contribution in [0.3, 0.4) is 0 Å². The average Bonchev–Trinajstić information content (AvgIpc) is 2.47. The molecule has 1 aliphatic heterocycles. The van der Waals surface area contributed by atoms with Gasteiger partial charge < -0.3 is 24.7 Å². The van der Waals surface area contributed by atoms with Gasteiger partial charge in [0.15, 0.2) is 0 Å². The molecule has 138 valence electrons. The van der Waals surface area contributed by atoms with Crippen molar-refractivity contribution in [3.05, 3.63) is 0 Å². The molecule has 1 heterocycles. The normalized spacial score (nSPS) is 30.8. The second-order valence-corrected chi connectivity index (χ2v) is 20.1. The summed E-state index contributed by atoms with van der Waals surface area (Å²) in [7, 11) is -7.17. The fourth-order valence-electron chi connectivity index (χ4n) is 2.48. The Morgan fingerprint density at radius 2 is 1.39 bits per heavy atom. The van der Waals surface area contributed by atoms with Crippen molar-refractivity contribution in [2.75, 3.05) is 0 Å². The van der Waals surface area contributed by atoms with E-state index in [1.54, 1.807) is 0 Å². The van der Waals surface area contributed by atoms with Crippen molar-refractivity contribution in [2.45, 2.75) is 64.0 Å². The summed E-state index contributed by atoms with van der Waals surface area (Å²) in [6.45, 7) is 8.45. The van der Waals surface area contributed by atoms with Crippen LogP contribution in [-0.2, 0) is 24.7 Å². The summed E-state index contributed by atoms with van der Waals surface area (Å²) in [6.07, 6.45) is 5.11. The third-order valence-corrected chi connectivity index (χ3v) is 21.0. The van der Waals surface area contributed by atoms with Crippen LogP contribution >= 0.6 is 0 Å². The molecule has 2 atom stereocenters. The van der Waals surface area contributed by atoms with Gasteiger partial charge in [-0.05, 0) is 31.7 Å². The second kappa shape index (κ2) is 14.4. The average molecular weight is 447 g/mol. The number of unbranched alkanes of at least 4 members (excludes halogenated alkanes) is 3. The summed E-state index contributed by atoms with van der Waals surface area (Å²) in [5.74, 6) is 0. The topological polar surface area (TPSA) is 55.4 Å². The molecule has 0 aromatic carbocycles. The van der Waals surface area contributed by atoms with Gasteiger partial charge in [0.05, 0.1) is 0 Å². The zero-order chi connectivity index (χ0) is 16.9. The predicted octanol–water partition coefficient (Wildman–Crippen LogP) is -0.936. The van der Waals surface area contributed by atoms with E-state index in [0.29, 0.717) is 0 Å². The van der Waals surface area contributed by atoms with Gasteiger partial charge in [-0.15, -0.1) is 0 Å². The maximum absolute atomic E-state index is 6.12. The minimum absolute atomic E-state index is 0.233. The Morgan fingerprint density at radius 3 is 2.04 bits per heavy atom. The molecule has 6 nitrogen and oxygen atoms in total. The van der Waals surface area contributed by atoms with Crippen molar-refractivity contribution in [3.63, 3.8) is 0 Å². The van der Waals surface area contributed by atoms with Gasteiger partial charge in [-0.3, -0.25) is 0 Å². The van der Waals surface area contributed by atoms with E-state index in [1.165, 1.54) is 31.7 Å². The van der Waals surface area contributed by atoms with Gasteiger partial charge in [-0.2, -0.15) is 0 Å². The number of hydrogen-bond acceptors (Lipinski definition) is 6. The van der Waals surface area contributed by atoms with E-state index in [0.717, 1.165) is 6.04 Å². The van der Waals surface area contributed by atoms with Crippen LogP contribution in [0.1, 0.15) is 25.7 Å². The van der Waals surface area contributed by atoms with Gasteiger partial charge in [0.2, 0.25) is 0 Å². The first-order chi connectivity index (χ1) is 11.1. The molecule has 1 rings (SSSR count). The predicted molar refractivity (Wildman–Crippen MR) is 112 cm³/mol. The molecule has 0 bridgehead atoms. The van der Waals surface area contributed by atoms with Crippen LogP contribution in [0, 0.1) is 0 Å². The highest BCUT2D eigenvalue weighted by molar-refractivity contribution is 6.72. The quantitative estimate of drug-likeness (QED) is 0.302. The highest BCUT2D eigenvalue weighted by Gasteiger charge is 2.28. The number of hydrogen-bond donors (Lipinski definition) is 0. The molecule has 1 saturated heterocycles. The van der Waals surface area contributed by atoms with E-state index in [9.17, 15) is 0 Å². The molecular formula is C10H34O6Si7.